The molecule has 3 nitrogen and oxygen atoms in total. The highest BCUT2D eigenvalue weighted by Crippen LogP contribution is 2.16. The van der Waals surface area contributed by atoms with Crippen molar-refractivity contribution in [2.24, 2.45) is 5.92 Å². The SMILES string of the molecule is CCCC(CCO)CNc1ccc(C#N)c(F)c1. The first kappa shape index (κ1) is 14.5. The smallest absolute Gasteiger partial charge is 0.143 e. The van der Waals surface area contributed by atoms with Gasteiger partial charge in [0.25, 0.3) is 0 Å². The van der Waals surface area contributed by atoms with Crippen molar-refractivity contribution in [3.05, 3.63) is 29.6 Å². The van der Waals surface area contributed by atoms with Crippen LogP contribution >= 0.6 is 0 Å². The van der Waals surface area contributed by atoms with Crippen LogP contribution in [0.3, 0.4) is 0 Å². The number of nitriles is 1. The lowest BCUT2D eigenvalue weighted by molar-refractivity contribution is 0.255. The molecule has 4 heteroatoms. The van der Waals surface area contributed by atoms with E-state index in [2.05, 4.69) is 12.2 Å². The number of aliphatic hydroxyl groups is 1. The Morgan fingerprint density at radius 1 is 1.44 bits per heavy atom. The Balaban J connectivity index is 2.56. The van der Waals surface area contributed by atoms with Crippen molar-refractivity contribution in [1.29, 1.82) is 5.26 Å². The van der Waals surface area contributed by atoms with Crippen molar-refractivity contribution in [3.8, 4) is 6.07 Å². The van der Waals surface area contributed by atoms with Crippen LogP contribution in [0, 0.1) is 23.1 Å². The second-order valence-corrected chi connectivity index (χ2v) is 4.35. The zero-order chi connectivity index (χ0) is 13.4. The second-order valence-electron chi connectivity index (χ2n) is 4.35. The summed E-state index contributed by atoms with van der Waals surface area (Å²) < 4.78 is 13.4. The molecular formula is C14H19FN2O. The summed E-state index contributed by atoms with van der Waals surface area (Å²) in [5.74, 6) is -0.115. The van der Waals surface area contributed by atoms with Crippen LogP contribution in [-0.4, -0.2) is 18.3 Å². The molecule has 0 fully saturated rings. The van der Waals surface area contributed by atoms with Crippen LogP contribution < -0.4 is 5.32 Å². The lowest BCUT2D eigenvalue weighted by Crippen LogP contribution is -2.15. The van der Waals surface area contributed by atoms with E-state index in [-0.39, 0.29) is 12.2 Å². The maximum absolute atomic E-state index is 13.4. The number of halogens is 1. The normalized spacial score (nSPS) is 11.9. The molecule has 0 spiro atoms. The zero-order valence-electron chi connectivity index (χ0n) is 10.6. The van der Waals surface area contributed by atoms with E-state index in [1.54, 1.807) is 12.1 Å². The molecule has 0 radical (unpaired) electrons. The molecule has 0 heterocycles. The van der Waals surface area contributed by atoms with Crippen LogP contribution in [0.15, 0.2) is 18.2 Å². The van der Waals surface area contributed by atoms with Crippen molar-refractivity contribution in [2.75, 3.05) is 18.5 Å². The van der Waals surface area contributed by atoms with Crippen molar-refractivity contribution in [3.63, 3.8) is 0 Å². The summed E-state index contributed by atoms with van der Waals surface area (Å²) in [5.41, 5.74) is 0.728. The molecule has 1 unspecified atom stereocenters. The van der Waals surface area contributed by atoms with Gasteiger partial charge in [0, 0.05) is 18.8 Å². The topological polar surface area (TPSA) is 56.0 Å². The average Bonchev–Trinajstić information content (AvgIpc) is 2.36. The molecule has 0 aliphatic carbocycles. The highest BCUT2D eigenvalue weighted by atomic mass is 19.1. The number of hydrogen-bond acceptors (Lipinski definition) is 3. The summed E-state index contributed by atoms with van der Waals surface area (Å²) in [7, 11) is 0. The molecule has 0 saturated heterocycles. The Morgan fingerprint density at radius 3 is 2.78 bits per heavy atom. The Hall–Kier alpha value is -1.60. The van der Waals surface area contributed by atoms with Gasteiger partial charge < -0.3 is 10.4 Å². The summed E-state index contributed by atoms with van der Waals surface area (Å²) >= 11 is 0. The molecule has 2 N–H and O–H groups in total. The van der Waals surface area contributed by atoms with E-state index in [4.69, 9.17) is 10.4 Å². The number of nitrogens with one attached hydrogen (secondary N) is 1. The number of nitrogens with zero attached hydrogens (tertiary/aromatic N) is 1. The van der Waals surface area contributed by atoms with Crippen LogP contribution in [0.25, 0.3) is 0 Å². The van der Waals surface area contributed by atoms with E-state index in [0.717, 1.165) is 19.3 Å². The van der Waals surface area contributed by atoms with Crippen LogP contribution in [0.2, 0.25) is 0 Å². The number of benzene rings is 1. The third-order valence-electron chi connectivity index (χ3n) is 2.92. The Labute approximate surface area is 107 Å². The third kappa shape index (κ3) is 4.34. The number of anilines is 1. The quantitative estimate of drug-likeness (QED) is 0.782. The minimum absolute atomic E-state index is 0.0565. The van der Waals surface area contributed by atoms with Gasteiger partial charge in [-0.05, 0) is 37.0 Å². The first-order valence-corrected chi connectivity index (χ1v) is 6.25. The van der Waals surface area contributed by atoms with E-state index in [9.17, 15) is 4.39 Å². The number of rotatable bonds is 7. The molecule has 0 aromatic heterocycles. The van der Waals surface area contributed by atoms with Gasteiger partial charge in [-0.25, -0.2) is 4.39 Å². The van der Waals surface area contributed by atoms with Gasteiger partial charge in [-0.15, -0.1) is 0 Å². The Kier molecular flexibility index (Phi) is 6.16. The van der Waals surface area contributed by atoms with Crippen molar-refractivity contribution < 1.29 is 9.50 Å². The summed E-state index contributed by atoms with van der Waals surface area (Å²) in [6, 6.07) is 6.29. The number of hydrogen-bond donors (Lipinski definition) is 2. The fraction of sp³-hybridized carbons (Fsp3) is 0.500. The van der Waals surface area contributed by atoms with Gasteiger partial charge in [0.15, 0.2) is 0 Å². The monoisotopic (exact) mass is 250 g/mol. The molecule has 18 heavy (non-hydrogen) atoms. The predicted octanol–water partition coefficient (Wildman–Crippen LogP) is 2.91. The van der Waals surface area contributed by atoms with Gasteiger partial charge in [-0.1, -0.05) is 13.3 Å². The van der Waals surface area contributed by atoms with Crippen LogP contribution in [0.4, 0.5) is 10.1 Å². The third-order valence-corrected chi connectivity index (χ3v) is 2.92. The minimum Gasteiger partial charge on any atom is -0.396 e. The molecule has 0 aliphatic rings. The van der Waals surface area contributed by atoms with E-state index in [1.807, 2.05) is 0 Å². The molecule has 1 aromatic carbocycles. The lowest BCUT2D eigenvalue weighted by Gasteiger charge is -2.16. The Morgan fingerprint density at radius 2 is 2.22 bits per heavy atom. The molecular weight excluding hydrogens is 231 g/mol. The van der Waals surface area contributed by atoms with Gasteiger partial charge in [0.05, 0.1) is 5.56 Å². The lowest BCUT2D eigenvalue weighted by atomic mass is 10.00. The van der Waals surface area contributed by atoms with Gasteiger partial charge in [-0.2, -0.15) is 5.26 Å². The standard InChI is InChI=1S/C14H19FN2O/c1-2-3-11(6-7-18)10-17-13-5-4-12(9-16)14(15)8-13/h4-5,8,11,17-18H,2-3,6-7,10H2,1H3. The largest absolute Gasteiger partial charge is 0.396 e. The van der Waals surface area contributed by atoms with Gasteiger partial charge in [0.2, 0.25) is 0 Å². The fourth-order valence-corrected chi connectivity index (χ4v) is 1.92. The minimum atomic E-state index is -0.503. The first-order valence-electron chi connectivity index (χ1n) is 6.25. The molecule has 1 rings (SSSR count). The Bertz CT molecular complexity index is 409. The summed E-state index contributed by atoms with van der Waals surface area (Å²) in [6.07, 6.45) is 2.85. The van der Waals surface area contributed by atoms with Crippen LogP contribution in [0.1, 0.15) is 31.7 Å². The summed E-state index contributed by atoms with van der Waals surface area (Å²) in [4.78, 5) is 0. The molecule has 0 bridgehead atoms. The summed E-state index contributed by atoms with van der Waals surface area (Å²) in [5, 5.41) is 20.7. The molecule has 0 saturated carbocycles. The second kappa shape index (κ2) is 7.67. The van der Waals surface area contributed by atoms with Crippen molar-refractivity contribution >= 4 is 5.69 Å². The molecule has 1 aromatic rings. The first-order chi connectivity index (χ1) is 8.71. The molecule has 1 atom stereocenters. The van der Waals surface area contributed by atoms with E-state index in [1.165, 1.54) is 12.1 Å². The van der Waals surface area contributed by atoms with Gasteiger partial charge in [-0.3, -0.25) is 0 Å². The fourth-order valence-electron chi connectivity index (χ4n) is 1.92. The van der Waals surface area contributed by atoms with Crippen LogP contribution in [0.5, 0.6) is 0 Å². The zero-order valence-corrected chi connectivity index (χ0v) is 10.6. The van der Waals surface area contributed by atoms with E-state index in [0.29, 0.717) is 18.2 Å². The van der Waals surface area contributed by atoms with Crippen LogP contribution in [-0.2, 0) is 0 Å². The van der Waals surface area contributed by atoms with E-state index >= 15 is 0 Å². The molecule has 0 aliphatic heterocycles. The van der Waals surface area contributed by atoms with Crippen molar-refractivity contribution in [2.45, 2.75) is 26.2 Å². The van der Waals surface area contributed by atoms with E-state index < -0.39 is 5.82 Å². The molecule has 0 amide bonds. The van der Waals surface area contributed by atoms with Gasteiger partial charge in [0.1, 0.15) is 11.9 Å². The average molecular weight is 250 g/mol. The molecule has 98 valence electrons. The highest BCUT2D eigenvalue weighted by Gasteiger charge is 2.08. The highest BCUT2D eigenvalue weighted by molar-refractivity contribution is 5.48. The predicted molar refractivity (Wildman–Crippen MR) is 69.7 cm³/mol. The maximum atomic E-state index is 13.4. The van der Waals surface area contributed by atoms with Crippen molar-refractivity contribution in [1.82, 2.24) is 0 Å². The summed E-state index contributed by atoms with van der Waals surface area (Å²) in [6.45, 7) is 2.99. The number of aliphatic hydroxyl groups excluding tert-OH is 1. The van der Waals surface area contributed by atoms with Gasteiger partial charge >= 0.3 is 0 Å². The maximum Gasteiger partial charge on any atom is 0.143 e.